The van der Waals surface area contributed by atoms with Gasteiger partial charge in [-0.2, -0.15) is 0 Å². The van der Waals surface area contributed by atoms with Crippen LogP contribution in [0.3, 0.4) is 0 Å². The molecule has 3 rings (SSSR count). The van der Waals surface area contributed by atoms with Gasteiger partial charge in [0.15, 0.2) is 0 Å². The van der Waals surface area contributed by atoms with E-state index >= 15 is 0 Å². The number of likely N-dealkylation sites (tertiary alicyclic amines) is 1. The van der Waals surface area contributed by atoms with Crippen LogP contribution in [0.1, 0.15) is 5.56 Å². The van der Waals surface area contributed by atoms with Gasteiger partial charge in [-0.15, -0.1) is 11.8 Å². The third kappa shape index (κ3) is 2.81. The number of aliphatic hydroxyl groups excluding tert-OH is 1. The monoisotopic (exact) mass is 307 g/mol. The van der Waals surface area contributed by atoms with E-state index in [4.69, 9.17) is 10.8 Å². The van der Waals surface area contributed by atoms with Crippen molar-refractivity contribution in [1.29, 1.82) is 0 Å². The molecule has 2 aliphatic rings. The van der Waals surface area contributed by atoms with Gasteiger partial charge in [0.25, 0.3) is 0 Å². The molecule has 2 aliphatic heterocycles. The maximum atomic E-state index is 12.0. The predicted octanol–water partition coefficient (Wildman–Crippen LogP) is 0.0935. The third-order valence-electron chi connectivity index (χ3n) is 4.23. The number of hydrogen-bond donors (Lipinski definition) is 2. The zero-order valence-electron chi connectivity index (χ0n) is 11.9. The second kappa shape index (κ2) is 5.96. The van der Waals surface area contributed by atoms with E-state index < -0.39 is 6.04 Å². The molecule has 0 aliphatic carbocycles. The summed E-state index contributed by atoms with van der Waals surface area (Å²) >= 11 is 1.93. The van der Waals surface area contributed by atoms with E-state index in [1.54, 1.807) is 4.90 Å². The highest BCUT2D eigenvalue weighted by Gasteiger charge is 2.52. The van der Waals surface area contributed by atoms with Crippen molar-refractivity contribution in [3.8, 4) is 0 Å². The second-order valence-corrected chi connectivity index (χ2v) is 7.14. The van der Waals surface area contributed by atoms with E-state index in [2.05, 4.69) is 29.2 Å². The van der Waals surface area contributed by atoms with Gasteiger partial charge in [-0.05, 0) is 5.56 Å². The number of carbonyl (C=O) groups excluding carboxylic acids is 1. The fourth-order valence-corrected chi connectivity index (χ4v) is 4.50. The molecule has 1 atom stereocenters. The van der Waals surface area contributed by atoms with Crippen molar-refractivity contribution < 1.29 is 9.90 Å². The van der Waals surface area contributed by atoms with Crippen LogP contribution in [0.25, 0.3) is 0 Å². The summed E-state index contributed by atoms with van der Waals surface area (Å²) in [6.45, 7) is 3.09. The third-order valence-corrected chi connectivity index (χ3v) is 5.67. The highest BCUT2D eigenvalue weighted by Crippen LogP contribution is 2.43. The summed E-state index contributed by atoms with van der Waals surface area (Å²) in [5.74, 6) is 0.955. The Morgan fingerprint density at radius 3 is 2.76 bits per heavy atom. The van der Waals surface area contributed by atoms with Crippen LogP contribution in [0.5, 0.6) is 0 Å². The average molecular weight is 307 g/mol. The Kier molecular flexibility index (Phi) is 4.21. The van der Waals surface area contributed by atoms with Crippen molar-refractivity contribution in [2.75, 3.05) is 32.0 Å². The topological polar surface area (TPSA) is 69.8 Å². The van der Waals surface area contributed by atoms with Gasteiger partial charge in [0.2, 0.25) is 5.91 Å². The van der Waals surface area contributed by atoms with Crippen molar-refractivity contribution >= 4 is 17.7 Å². The number of rotatable bonds is 4. The fraction of sp³-hybridized carbons (Fsp3) is 0.533. The van der Waals surface area contributed by atoms with Gasteiger partial charge < -0.3 is 15.7 Å². The highest BCUT2D eigenvalue weighted by molar-refractivity contribution is 8.01. The minimum Gasteiger partial charge on any atom is -0.394 e. The lowest BCUT2D eigenvalue weighted by atomic mass is 10.0. The molecule has 0 aromatic heterocycles. The molecule has 0 radical (unpaired) electrons. The minimum absolute atomic E-state index is 0.0423. The number of hydrogen-bond acceptors (Lipinski definition) is 5. The van der Waals surface area contributed by atoms with Crippen LogP contribution in [-0.2, 0) is 11.3 Å². The van der Waals surface area contributed by atoms with E-state index in [0.717, 1.165) is 18.8 Å². The van der Waals surface area contributed by atoms with Gasteiger partial charge in [-0.3, -0.25) is 9.69 Å². The zero-order valence-corrected chi connectivity index (χ0v) is 12.8. The van der Waals surface area contributed by atoms with Gasteiger partial charge in [0, 0.05) is 18.8 Å². The standard InChI is InChI=1S/C15H21N3O2S/c16-13(9-19)14(20)17-10-15(11-17)18(6-7-21-15)8-12-4-2-1-3-5-12/h1-5,13,19H,6-11,16H2/t13-/m0/s1. The van der Waals surface area contributed by atoms with E-state index in [1.165, 1.54) is 5.56 Å². The predicted molar refractivity (Wildman–Crippen MR) is 83.7 cm³/mol. The smallest absolute Gasteiger partial charge is 0.242 e. The lowest BCUT2D eigenvalue weighted by Crippen LogP contribution is -2.69. The number of nitrogens with two attached hydrogens (primary N) is 1. The van der Waals surface area contributed by atoms with Crippen LogP contribution in [0.2, 0.25) is 0 Å². The average Bonchev–Trinajstić information content (AvgIpc) is 2.89. The first-order chi connectivity index (χ1) is 10.1. The number of aliphatic hydroxyl groups is 1. The molecule has 2 fully saturated rings. The fourth-order valence-electron chi connectivity index (χ4n) is 2.98. The molecule has 1 aromatic carbocycles. The summed E-state index contributed by atoms with van der Waals surface area (Å²) in [6, 6.07) is 9.64. The maximum Gasteiger partial charge on any atom is 0.242 e. The number of thioether (sulfide) groups is 1. The Hall–Kier alpha value is -1.08. The Morgan fingerprint density at radius 1 is 1.38 bits per heavy atom. The van der Waals surface area contributed by atoms with Crippen LogP contribution in [-0.4, -0.2) is 63.7 Å². The summed E-state index contributed by atoms with van der Waals surface area (Å²) in [7, 11) is 0. The van der Waals surface area contributed by atoms with Crippen molar-refractivity contribution in [2.24, 2.45) is 5.73 Å². The van der Waals surface area contributed by atoms with Crippen molar-refractivity contribution in [2.45, 2.75) is 17.5 Å². The molecule has 6 heteroatoms. The molecule has 5 nitrogen and oxygen atoms in total. The van der Waals surface area contributed by atoms with E-state index in [-0.39, 0.29) is 17.4 Å². The van der Waals surface area contributed by atoms with Crippen molar-refractivity contribution in [3.05, 3.63) is 35.9 Å². The molecular weight excluding hydrogens is 286 g/mol. The van der Waals surface area contributed by atoms with Crippen LogP contribution < -0.4 is 5.73 Å². The normalized spacial score (nSPS) is 22.3. The van der Waals surface area contributed by atoms with Crippen molar-refractivity contribution in [1.82, 2.24) is 9.80 Å². The first-order valence-electron chi connectivity index (χ1n) is 7.23. The number of nitrogens with zero attached hydrogens (tertiary/aromatic N) is 2. The summed E-state index contributed by atoms with van der Waals surface area (Å²) in [5, 5.41) is 8.99. The molecule has 0 bridgehead atoms. The lowest BCUT2D eigenvalue weighted by molar-refractivity contribution is -0.142. The van der Waals surface area contributed by atoms with E-state index in [9.17, 15) is 4.79 Å². The molecule has 1 aromatic rings. The molecule has 0 unspecified atom stereocenters. The Morgan fingerprint density at radius 2 is 2.10 bits per heavy atom. The van der Waals surface area contributed by atoms with Gasteiger partial charge in [0.1, 0.15) is 10.9 Å². The van der Waals surface area contributed by atoms with Gasteiger partial charge in [-0.25, -0.2) is 0 Å². The molecule has 21 heavy (non-hydrogen) atoms. The Balaban J connectivity index is 1.62. The first kappa shape index (κ1) is 14.8. The molecule has 3 N–H and O–H groups in total. The number of amides is 1. The van der Waals surface area contributed by atoms with Gasteiger partial charge in [-0.1, -0.05) is 30.3 Å². The maximum absolute atomic E-state index is 12.0. The SMILES string of the molecule is N[C@@H](CO)C(=O)N1CC2(C1)SCCN2Cc1ccccc1. The summed E-state index contributed by atoms with van der Waals surface area (Å²) < 4.78 is 0. The second-order valence-electron chi connectivity index (χ2n) is 5.69. The highest BCUT2D eigenvalue weighted by atomic mass is 32.2. The van der Waals surface area contributed by atoms with E-state index in [1.807, 2.05) is 17.8 Å². The van der Waals surface area contributed by atoms with E-state index in [0.29, 0.717) is 13.1 Å². The van der Waals surface area contributed by atoms with Crippen LogP contribution in [0.4, 0.5) is 0 Å². The van der Waals surface area contributed by atoms with Gasteiger partial charge >= 0.3 is 0 Å². The molecular formula is C15H21N3O2S. The summed E-state index contributed by atoms with van der Waals surface area (Å²) in [4.78, 5) is 16.2. The lowest BCUT2D eigenvalue weighted by Gasteiger charge is -2.52. The van der Waals surface area contributed by atoms with Crippen molar-refractivity contribution in [3.63, 3.8) is 0 Å². The summed E-state index contributed by atoms with van der Waals surface area (Å²) in [6.07, 6.45) is 0. The zero-order chi connectivity index (χ0) is 14.9. The molecule has 2 saturated heterocycles. The molecule has 114 valence electrons. The molecule has 0 saturated carbocycles. The van der Waals surface area contributed by atoms with Crippen LogP contribution in [0.15, 0.2) is 30.3 Å². The molecule has 2 heterocycles. The molecule has 1 amide bonds. The van der Waals surface area contributed by atoms with Gasteiger partial charge in [0.05, 0.1) is 19.7 Å². The molecule has 1 spiro atoms. The largest absolute Gasteiger partial charge is 0.394 e. The minimum atomic E-state index is -0.781. The van der Waals surface area contributed by atoms with Crippen LogP contribution >= 0.6 is 11.8 Å². The number of benzene rings is 1. The summed E-state index contributed by atoms with van der Waals surface area (Å²) in [5.41, 5.74) is 6.91. The first-order valence-corrected chi connectivity index (χ1v) is 8.21. The quantitative estimate of drug-likeness (QED) is 0.825. The Labute approximate surface area is 129 Å². The Bertz CT molecular complexity index is 505. The van der Waals surface area contributed by atoms with Crippen LogP contribution in [0, 0.1) is 0 Å². The number of carbonyl (C=O) groups is 1.